The smallest absolute Gasteiger partial charge is 0.224 e. The summed E-state index contributed by atoms with van der Waals surface area (Å²) < 4.78 is 36.9. The van der Waals surface area contributed by atoms with E-state index in [1.54, 1.807) is 6.07 Å². The van der Waals surface area contributed by atoms with E-state index in [1.807, 2.05) is 25.1 Å². The van der Waals surface area contributed by atoms with Crippen LogP contribution in [0.4, 0.5) is 14.5 Å². The highest BCUT2D eigenvalue weighted by molar-refractivity contribution is 5.90. The van der Waals surface area contributed by atoms with Crippen molar-refractivity contribution in [3.8, 4) is 11.5 Å². The summed E-state index contributed by atoms with van der Waals surface area (Å²) in [6, 6.07) is 10.5. The first kappa shape index (κ1) is 17.7. The standard InChI is InChI=1S/C18H19F2NO3/c1-2-23-16-6-3-4-7-17(16)24-11-5-8-18(22)21-13-9-10-14(19)15(20)12-13/h3-4,6-7,9-10,12H,2,5,8,11H2,1H3,(H,21,22). The molecule has 0 saturated heterocycles. The van der Waals surface area contributed by atoms with Crippen LogP contribution in [0.5, 0.6) is 11.5 Å². The van der Waals surface area contributed by atoms with Crippen LogP contribution < -0.4 is 14.8 Å². The Hall–Kier alpha value is -2.63. The van der Waals surface area contributed by atoms with Crippen molar-refractivity contribution in [2.24, 2.45) is 0 Å². The second-order valence-electron chi connectivity index (χ2n) is 5.01. The lowest BCUT2D eigenvalue weighted by Crippen LogP contribution is -2.13. The Labute approximate surface area is 139 Å². The van der Waals surface area contributed by atoms with Crippen molar-refractivity contribution in [3.63, 3.8) is 0 Å². The van der Waals surface area contributed by atoms with Crippen molar-refractivity contribution in [2.75, 3.05) is 18.5 Å². The molecule has 0 aromatic heterocycles. The Morgan fingerprint density at radius 2 is 1.75 bits per heavy atom. The second kappa shape index (κ2) is 8.86. The summed E-state index contributed by atoms with van der Waals surface area (Å²) in [6.45, 7) is 2.77. The molecule has 0 unspecified atom stereocenters. The van der Waals surface area contributed by atoms with Crippen molar-refractivity contribution in [1.82, 2.24) is 0 Å². The van der Waals surface area contributed by atoms with Gasteiger partial charge in [-0.05, 0) is 37.6 Å². The van der Waals surface area contributed by atoms with Gasteiger partial charge in [0.05, 0.1) is 13.2 Å². The molecule has 6 heteroatoms. The third kappa shape index (κ3) is 5.22. The lowest BCUT2D eigenvalue weighted by Gasteiger charge is -2.11. The van der Waals surface area contributed by atoms with Crippen LogP contribution in [-0.4, -0.2) is 19.1 Å². The Balaban J connectivity index is 1.76. The number of carbonyl (C=O) groups is 1. The van der Waals surface area contributed by atoms with Crippen LogP contribution in [0.25, 0.3) is 0 Å². The van der Waals surface area contributed by atoms with Crippen LogP contribution in [-0.2, 0) is 4.79 Å². The number of amides is 1. The molecule has 0 heterocycles. The largest absolute Gasteiger partial charge is 0.490 e. The summed E-state index contributed by atoms with van der Waals surface area (Å²) in [5.41, 5.74) is 0.224. The van der Waals surface area contributed by atoms with Crippen LogP contribution >= 0.6 is 0 Å². The third-order valence-electron chi connectivity index (χ3n) is 3.16. The van der Waals surface area contributed by atoms with Gasteiger partial charge in [0.25, 0.3) is 0 Å². The maximum absolute atomic E-state index is 13.1. The minimum Gasteiger partial charge on any atom is -0.490 e. The second-order valence-corrected chi connectivity index (χ2v) is 5.01. The van der Waals surface area contributed by atoms with Gasteiger partial charge in [-0.3, -0.25) is 4.79 Å². The molecular weight excluding hydrogens is 316 g/mol. The van der Waals surface area contributed by atoms with Crippen LogP contribution in [0.15, 0.2) is 42.5 Å². The van der Waals surface area contributed by atoms with Gasteiger partial charge in [0.15, 0.2) is 23.1 Å². The SMILES string of the molecule is CCOc1ccccc1OCCCC(=O)Nc1ccc(F)c(F)c1. The van der Waals surface area contributed by atoms with Crippen LogP contribution in [0.3, 0.4) is 0 Å². The Morgan fingerprint density at radius 1 is 1.04 bits per heavy atom. The van der Waals surface area contributed by atoms with Gasteiger partial charge in [0.1, 0.15) is 0 Å². The molecule has 24 heavy (non-hydrogen) atoms. The van der Waals surface area contributed by atoms with E-state index < -0.39 is 11.6 Å². The third-order valence-corrected chi connectivity index (χ3v) is 3.16. The van der Waals surface area contributed by atoms with Gasteiger partial charge in [-0.1, -0.05) is 12.1 Å². The fraction of sp³-hybridized carbons (Fsp3) is 0.278. The fourth-order valence-corrected chi connectivity index (χ4v) is 2.06. The molecule has 0 aliphatic rings. The lowest BCUT2D eigenvalue weighted by atomic mass is 10.2. The molecule has 0 atom stereocenters. The lowest BCUT2D eigenvalue weighted by molar-refractivity contribution is -0.116. The molecule has 0 saturated carbocycles. The first-order valence-corrected chi connectivity index (χ1v) is 7.69. The molecule has 1 amide bonds. The summed E-state index contributed by atoms with van der Waals surface area (Å²) in [5, 5.41) is 2.51. The number of hydrogen-bond donors (Lipinski definition) is 1. The number of anilines is 1. The molecule has 4 nitrogen and oxygen atoms in total. The van der Waals surface area contributed by atoms with Gasteiger partial charge >= 0.3 is 0 Å². The predicted molar refractivity (Wildman–Crippen MR) is 87.3 cm³/mol. The van der Waals surface area contributed by atoms with Crippen LogP contribution in [0.2, 0.25) is 0 Å². The molecule has 0 bridgehead atoms. The zero-order chi connectivity index (χ0) is 17.4. The predicted octanol–water partition coefficient (Wildman–Crippen LogP) is 4.16. The zero-order valence-corrected chi connectivity index (χ0v) is 13.4. The molecule has 0 fully saturated rings. The van der Waals surface area contributed by atoms with Gasteiger partial charge in [-0.15, -0.1) is 0 Å². The van der Waals surface area contributed by atoms with Gasteiger partial charge in [0.2, 0.25) is 5.91 Å². The molecule has 1 N–H and O–H groups in total. The van der Waals surface area contributed by atoms with E-state index in [0.29, 0.717) is 31.1 Å². The van der Waals surface area contributed by atoms with E-state index in [-0.39, 0.29) is 18.0 Å². The molecule has 2 aromatic carbocycles. The number of rotatable bonds is 8. The topological polar surface area (TPSA) is 47.6 Å². The highest BCUT2D eigenvalue weighted by atomic mass is 19.2. The van der Waals surface area contributed by atoms with E-state index in [4.69, 9.17) is 9.47 Å². The van der Waals surface area contributed by atoms with Gasteiger partial charge in [-0.2, -0.15) is 0 Å². The Morgan fingerprint density at radius 3 is 2.42 bits per heavy atom. The maximum atomic E-state index is 13.1. The van der Waals surface area contributed by atoms with Gasteiger partial charge in [-0.25, -0.2) is 8.78 Å². The number of halogens is 2. The Kier molecular flexibility index (Phi) is 6.54. The summed E-state index contributed by atoms with van der Waals surface area (Å²) in [5.74, 6) is -0.952. The molecule has 0 aliphatic heterocycles. The first-order chi connectivity index (χ1) is 11.6. The Bertz CT molecular complexity index is 692. The summed E-state index contributed by atoms with van der Waals surface area (Å²) in [7, 11) is 0. The molecule has 128 valence electrons. The number of hydrogen-bond acceptors (Lipinski definition) is 3. The van der Waals surface area contributed by atoms with Crippen molar-refractivity contribution in [1.29, 1.82) is 0 Å². The van der Waals surface area contributed by atoms with Crippen molar-refractivity contribution < 1.29 is 23.0 Å². The first-order valence-electron chi connectivity index (χ1n) is 7.69. The fourth-order valence-electron chi connectivity index (χ4n) is 2.06. The molecule has 2 aromatic rings. The molecule has 0 radical (unpaired) electrons. The van der Waals surface area contributed by atoms with E-state index in [1.165, 1.54) is 6.07 Å². The number of ether oxygens (including phenoxy) is 2. The number of para-hydroxylation sites is 2. The van der Waals surface area contributed by atoms with Crippen molar-refractivity contribution >= 4 is 11.6 Å². The average molecular weight is 335 g/mol. The minimum absolute atomic E-state index is 0.204. The van der Waals surface area contributed by atoms with Crippen molar-refractivity contribution in [3.05, 3.63) is 54.1 Å². The molecule has 2 rings (SSSR count). The van der Waals surface area contributed by atoms with E-state index in [9.17, 15) is 13.6 Å². The van der Waals surface area contributed by atoms with E-state index in [0.717, 1.165) is 12.1 Å². The highest BCUT2D eigenvalue weighted by Gasteiger charge is 2.07. The van der Waals surface area contributed by atoms with E-state index >= 15 is 0 Å². The van der Waals surface area contributed by atoms with E-state index in [2.05, 4.69) is 5.32 Å². The van der Waals surface area contributed by atoms with Crippen molar-refractivity contribution in [2.45, 2.75) is 19.8 Å². The number of carbonyl (C=O) groups excluding carboxylic acids is 1. The monoisotopic (exact) mass is 335 g/mol. The van der Waals surface area contributed by atoms with Gasteiger partial charge in [0, 0.05) is 18.2 Å². The summed E-state index contributed by atoms with van der Waals surface area (Å²) in [6.07, 6.45) is 0.686. The maximum Gasteiger partial charge on any atom is 0.224 e. The van der Waals surface area contributed by atoms with Crippen LogP contribution in [0.1, 0.15) is 19.8 Å². The minimum atomic E-state index is -0.997. The number of benzene rings is 2. The van der Waals surface area contributed by atoms with Gasteiger partial charge < -0.3 is 14.8 Å². The zero-order valence-electron chi connectivity index (χ0n) is 13.4. The average Bonchev–Trinajstić information content (AvgIpc) is 2.57. The number of nitrogens with one attached hydrogen (secondary N) is 1. The summed E-state index contributed by atoms with van der Waals surface area (Å²) in [4.78, 5) is 11.8. The molecule has 0 spiro atoms. The molecular formula is C18H19F2NO3. The molecule has 0 aliphatic carbocycles. The highest BCUT2D eigenvalue weighted by Crippen LogP contribution is 2.26. The summed E-state index contributed by atoms with van der Waals surface area (Å²) >= 11 is 0. The van der Waals surface area contributed by atoms with Crippen LogP contribution in [0, 0.1) is 11.6 Å². The normalized spacial score (nSPS) is 10.3. The quantitative estimate of drug-likeness (QED) is 0.737.